The van der Waals surface area contributed by atoms with Gasteiger partial charge in [0.1, 0.15) is 6.33 Å². The van der Waals surface area contributed by atoms with Crippen molar-refractivity contribution in [2.24, 2.45) is 0 Å². The van der Waals surface area contributed by atoms with Gasteiger partial charge in [-0.05, 0) is 22.8 Å². The van der Waals surface area contributed by atoms with Crippen LogP contribution in [0.5, 0.6) is 0 Å². The minimum absolute atomic E-state index is 0.400. The van der Waals surface area contributed by atoms with Crippen LogP contribution >= 0.6 is 0 Å². The van der Waals surface area contributed by atoms with Crippen molar-refractivity contribution in [1.82, 2.24) is 19.9 Å². The Morgan fingerprint density at radius 2 is 2.11 bits per heavy atom. The summed E-state index contributed by atoms with van der Waals surface area (Å²) in [4.78, 5) is 0. The molecule has 0 saturated heterocycles. The highest BCUT2D eigenvalue weighted by molar-refractivity contribution is 5.44. The molecule has 1 atom stereocenters. The van der Waals surface area contributed by atoms with Gasteiger partial charge >= 0.3 is 0 Å². The first-order valence-corrected chi connectivity index (χ1v) is 6.49. The molecule has 0 amide bonds. The Labute approximate surface area is 111 Å². The fraction of sp³-hybridized carbons (Fsp3) is 0.200. The van der Waals surface area contributed by atoms with E-state index in [2.05, 4.69) is 52.0 Å². The predicted molar refractivity (Wildman–Crippen MR) is 73.0 cm³/mol. The largest absolute Gasteiger partial charge is 0.312 e. The van der Waals surface area contributed by atoms with Crippen LogP contribution in [0.25, 0.3) is 5.65 Å². The van der Waals surface area contributed by atoms with Crippen molar-refractivity contribution in [1.29, 1.82) is 0 Å². The first-order valence-electron chi connectivity index (χ1n) is 6.49. The molecular weight excluding hydrogens is 236 g/mol. The fourth-order valence-electron chi connectivity index (χ4n) is 2.84. The summed E-state index contributed by atoms with van der Waals surface area (Å²) in [5.74, 6) is 0.400. The summed E-state index contributed by atoms with van der Waals surface area (Å²) in [6.45, 7) is 1.94. The molecule has 19 heavy (non-hydrogen) atoms. The van der Waals surface area contributed by atoms with Crippen molar-refractivity contribution >= 4 is 5.65 Å². The van der Waals surface area contributed by atoms with Gasteiger partial charge in [0.05, 0.1) is 0 Å². The van der Waals surface area contributed by atoms with E-state index in [1.165, 1.54) is 16.7 Å². The van der Waals surface area contributed by atoms with E-state index in [1.54, 1.807) is 6.33 Å². The van der Waals surface area contributed by atoms with Gasteiger partial charge in [0.2, 0.25) is 0 Å². The minimum atomic E-state index is 0.400. The molecule has 4 rings (SSSR count). The highest BCUT2D eigenvalue weighted by Gasteiger charge is 2.21. The van der Waals surface area contributed by atoms with E-state index in [4.69, 9.17) is 0 Å². The van der Waals surface area contributed by atoms with Crippen molar-refractivity contribution in [2.45, 2.75) is 12.5 Å². The van der Waals surface area contributed by atoms with Gasteiger partial charge in [0, 0.05) is 25.2 Å². The summed E-state index contributed by atoms with van der Waals surface area (Å²) in [5, 5.41) is 11.5. The monoisotopic (exact) mass is 250 g/mol. The average Bonchev–Trinajstić information content (AvgIpc) is 2.94. The SMILES string of the molecule is c1ccc2c(c1)CNCC2c1ccc2nncn2c1. The number of fused-ring (bicyclic) bond motifs is 2. The maximum absolute atomic E-state index is 4.05. The van der Waals surface area contributed by atoms with Crippen LogP contribution in [-0.2, 0) is 6.54 Å². The van der Waals surface area contributed by atoms with Crippen LogP contribution in [0.4, 0.5) is 0 Å². The molecule has 4 heteroatoms. The number of aromatic nitrogens is 3. The van der Waals surface area contributed by atoms with E-state index >= 15 is 0 Å². The predicted octanol–water partition coefficient (Wildman–Crippen LogP) is 1.96. The molecule has 1 aliphatic heterocycles. The second-order valence-electron chi connectivity index (χ2n) is 4.94. The molecule has 0 fully saturated rings. The molecular formula is C15H14N4. The van der Waals surface area contributed by atoms with Crippen molar-refractivity contribution in [3.63, 3.8) is 0 Å². The van der Waals surface area contributed by atoms with Crippen molar-refractivity contribution in [3.8, 4) is 0 Å². The molecule has 3 aromatic rings. The van der Waals surface area contributed by atoms with Crippen LogP contribution in [0, 0.1) is 0 Å². The van der Waals surface area contributed by atoms with Gasteiger partial charge in [-0.15, -0.1) is 10.2 Å². The van der Waals surface area contributed by atoms with Crippen LogP contribution in [0.3, 0.4) is 0 Å². The second-order valence-corrected chi connectivity index (χ2v) is 4.94. The molecule has 4 nitrogen and oxygen atoms in total. The van der Waals surface area contributed by atoms with E-state index in [9.17, 15) is 0 Å². The molecule has 0 saturated carbocycles. The average molecular weight is 250 g/mol. The van der Waals surface area contributed by atoms with Crippen molar-refractivity contribution in [3.05, 3.63) is 65.6 Å². The van der Waals surface area contributed by atoms with E-state index in [0.717, 1.165) is 18.7 Å². The summed E-state index contributed by atoms with van der Waals surface area (Å²) in [7, 11) is 0. The van der Waals surface area contributed by atoms with Crippen molar-refractivity contribution < 1.29 is 0 Å². The van der Waals surface area contributed by atoms with Gasteiger partial charge in [0.15, 0.2) is 5.65 Å². The topological polar surface area (TPSA) is 42.2 Å². The van der Waals surface area contributed by atoms with Gasteiger partial charge in [-0.25, -0.2) is 0 Å². The highest BCUT2D eigenvalue weighted by Crippen LogP contribution is 2.29. The third kappa shape index (κ3) is 1.72. The van der Waals surface area contributed by atoms with Crippen LogP contribution in [0.2, 0.25) is 0 Å². The summed E-state index contributed by atoms with van der Waals surface area (Å²) >= 11 is 0. The Bertz CT molecular complexity index is 732. The summed E-state index contributed by atoms with van der Waals surface area (Å²) in [6.07, 6.45) is 3.88. The Kier molecular flexibility index (Phi) is 2.35. The lowest BCUT2D eigenvalue weighted by Gasteiger charge is -2.26. The van der Waals surface area contributed by atoms with Crippen LogP contribution in [-0.4, -0.2) is 21.1 Å². The number of benzene rings is 1. The standard InChI is InChI=1S/C15H14N4/c1-2-4-13-11(3-1)7-16-8-14(13)12-5-6-15-18-17-10-19(15)9-12/h1-6,9-10,14,16H,7-8H2. The van der Waals surface area contributed by atoms with Crippen LogP contribution in [0.15, 0.2) is 48.9 Å². The van der Waals surface area contributed by atoms with E-state index in [0.29, 0.717) is 5.92 Å². The third-order valence-electron chi connectivity index (χ3n) is 3.81. The molecule has 1 unspecified atom stereocenters. The molecule has 1 aromatic carbocycles. The van der Waals surface area contributed by atoms with Crippen molar-refractivity contribution in [2.75, 3.05) is 6.54 Å². The first-order chi connectivity index (χ1) is 9.42. The second kappa shape index (κ2) is 4.17. The zero-order valence-electron chi connectivity index (χ0n) is 10.5. The molecule has 1 N–H and O–H groups in total. The van der Waals surface area contributed by atoms with Gasteiger partial charge in [-0.2, -0.15) is 0 Å². The summed E-state index contributed by atoms with van der Waals surface area (Å²) in [6, 6.07) is 12.8. The van der Waals surface area contributed by atoms with Gasteiger partial charge in [0.25, 0.3) is 0 Å². The molecule has 2 aromatic heterocycles. The van der Waals surface area contributed by atoms with Gasteiger partial charge < -0.3 is 5.32 Å². The first kappa shape index (κ1) is 10.7. The molecule has 3 heterocycles. The molecule has 0 radical (unpaired) electrons. The Balaban J connectivity index is 1.84. The molecule has 94 valence electrons. The number of nitrogens with one attached hydrogen (secondary N) is 1. The quantitative estimate of drug-likeness (QED) is 0.718. The Morgan fingerprint density at radius 1 is 1.16 bits per heavy atom. The molecule has 0 bridgehead atoms. The fourth-order valence-corrected chi connectivity index (χ4v) is 2.84. The van der Waals surface area contributed by atoms with E-state index in [-0.39, 0.29) is 0 Å². The summed E-state index contributed by atoms with van der Waals surface area (Å²) < 4.78 is 1.98. The number of pyridine rings is 1. The van der Waals surface area contributed by atoms with Crippen LogP contribution < -0.4 is 5.32 Å². The van der Waals surface area contributed by atoms with Crippen LogP contribution in [0.1, 0.15) is 22.6 Å². The minimum Gasteiger partial charge on any atom is -0.312 e. The normalized spacial score (nSPS) is 18.4. The summed E-state index contributed by atoms with van der Waals surface area (Å²) in [5.41, 5.74) is 5.00. The molecule has 1 aliphatic rings. The number of rotatable bonds is 1. The zero-order chi connectivity index (χ0) is 12.7. The third-order valence-corrected chi connectivity index (χ3v) is 3.81. The van der Waals surface area contributed by atoms with E-state index in [1.807, 2.05) is 10.5 Å². The smallest absolute Gasteiger partial charge is 0.160 e. The molecule has 0 aliphatic carbocycles. The number of nitrogens with zero attached hydrogens (tertiary/aromatic N) is 3. The zero-order valence-corrected chi connectivity index (χ0v) is 10.5. The van der Waals surface area contributed by atoms with Gasteiger partial charge in [-0.3, -0.25) is 4.40 Å². The Hall–Kier alpha value is -2.20. The van der Waals surface area contributed by atoms with E-state index < -0.39 is 0 Å². The lowest BCUT2D eigenvalue weighted by atomic mass is 9.86. The Morgan fingerprint density at radius 3 is 3.11 bits per heavy atom. The lowest BCUT2D eigenvalue weighted by molar-refractivity contribution is 0.590. The number of hydrogen-bond donors (Lipinski definition) is 1. The van der Waals surface area contributed by atoms with Gasteiger partial charge in [-0.1, -0.05) is 30.3 Å². The maximum Gasteiger partial charge on any atom is 0.160 e. The lowest BCUT2D eigenvalue weighted by Crippen LogP contribution is -2.28. The number of hydrogen-bond acceptors (Lipinski definition) is 3. The highest BCUT2D eigenvalue weighted by atomic mass is 15.2. The maximum atomic E-state index is 4.05. The molecule has 0 spiro atoms.